The summed E-state index contributed by atoms with van der Waals surface area (Å²) in [7, 11) is 0. The van der Waals surface area contributed by atoms with Crippen molar-refractivity contribution in [3.63, 3.8) is 0 Å². The number of carbonyl (C=O) groups is 1. The highest BCUT2D eigenvalue weighted by Gasteiger charge is 2.12. The standard InChI is InChI=1S/C15H21NO4/c17-15(18)13-1-3-14(4-2-13)20-10-9-19-11-12-5-7-16-8-6-12/h1-4,12,16H,5-11H2,(H,17,18). The topological polar surface area (TPSA) is 67.8 Å². The Balaban J connectivity index is 1.59. The van der Waals surface area contributed by atoms with Gasteiger partial charge in [0.25, 0.3) is 0 Å². The minimum Gasteiger partial charge on any atom is -0.491 e. The summed E-state index contributed by atoms with van der Waals surface area (Å²) in [5, 5.41) is 12.1. The van der Waals surface area contributed by atoms with Gasteiger partial charge in [-0.15, -0.1) is 0 Å². The number of rotatable bonds is 7. The van der Waals surface area contributed by atoms with Crippen LogP contribution in [-0.4, -0.2) is 44.0 Å². The normalized spacial score (nSPS) is 16.0. The fourth-order valence-electron chi connectivity index (χ4n) is 2.21. The molecular weight excluding hydrogens is 258 g/mol. The minimum atomic E-state index is -0.929. The molecule has 0 aliphatic carbocycles. The number of carboxylic acid groups (broad SMARTS) is 1. The molecule has 1 aliphatic heterocycles. The fourth-order valence-corrected chi connectivity index (χ4v) is 2.21. The minimum absolute atomic E-state index is 0.263. The van der Waals surface area contributed by atoms with Crippen molar-refractivity contribution in [3.8, 4) is 5.75 Å². The van der Waals surface area contributed by atoms with Crippen molar-refractivity contribution in [2.75, 3.05) is 32.9 Å². The molecule has 1 aromatic carbocycles. The van der Waals surface area contributed by atoms with Crippen molar-refractivity contribution in [2.24, 2.45) is 5.92 Å². The van der Waals surface area contributed by atoms with Gasteiger partial charge in [0, 0.05) is 6.61 Å². The molecule has 0 bridgehead atoms. The molecule has 0 amide bonds. The van der Waals surface area contributed by atoms with E-state index in [-0.39, 0.29) is 5.56 Å². The van der Waals surface area contributed by atoms with E-state index in [0.717, 1.165) is 19.7 Å². The predicted molar refractivity (Wildman–Crippen MR) is 75.3 cm³/mol. The van der Waals surface area contributed by atoms with Crippen LogP contribution in [0.3, 0.4) is 0 Å². The van der Waals surface area contributed by atoms with Gasteiger partial charge in [0.15, 0.2) is 0 Å². The molecule has 1 fully saturated rings. The lowest BCUT2D eigenvalue weighted by Gasteiger charge is -2.22. The van der Waals surface area contributed by atoms with Gasteiger partial charge in [-0.1, -0.05) is 0 Å². The van der Waals surface area contributed by atoms with Crippen LogP contribution in [0.25, 0.3) is 0 Å². The quantitative estimate of drug-likeness (QED) is 0.745. The first kappa shape index (κ1) is 14.8. The lowest BCUT2D eigenvalue weighted by Crippen LogP contribution is -2.30. The molecule has 1 heterocycles. The Bertz CT molecular complexity index is 412. The molecule has 1 aromatic rings. The third kappa shape index (κ3) is 4.83. The Labute approximate surface area is 118 Å². The number of ether oxygens (including phenoxy) is 2. The van der Waals surface area contributed by atoms with Crippen LogP contribution in [0.2, 0.25) is 0 Å². The second-order valence-electron chi connectivity index (χ2n) is 4.95. The number of carboxylic acids is 1. The Hall–Kier alpha value is -1.59. The average molecular weight is 279 g/mol. The van der Waals surface area contributed by atoms with Crippen LogP contribution in [0, 0.1) is 5.92 Å². The Kier molecular flexibility index (Phi) is 5.83. The monoisotopic (exact) mass is 279 g/mol. The summed E-state index contributed by atoms with van der Waals surface area (Å²) in [6.07, 6.45) is 2.36. The number of hydrogen-bond acceptors (Lipinski definition) is 4. The molecule has 0 radical (unpaired) electrons. The summed E-state index contributed by atoms with van der Waals surface area (Å²) in [5.41, 5.74) is 0.263. The maximum absolute atomic E-state index is 10.7. The van der Waals surface area contributed by atoms with Crippen molar-refractivity contribution in [2.45, 2.75) is 12.8 Å². The maximum atomic E-state index is 10.7. The van der Waals surface area contributed by atoms with Crippen molar-refractivity contribution in [3.05, 3.63) is 29.8 Å². The Morgan fingerprint density at radius 2 is 1.90 bits per heavy atom. The number of benzene rings is 1. The number of aromatic carboxylic acids is 1. The number of hydrogen-bond donors (Lipinski definition) is 2. The molecule has 0 saturated carbocycles. The van der Waals surface area contributed by atoms with Gasteiger partial charge in [0.05, 0.1) is 12.2 Å². The van der Waals surface area contributed by atoms with E-state index in [1.165, 1.54) is 25.0 Å². The van der Waals surface area contributed by atoms with Crippen molar-refractivity contribution in [1.82, 2.24) is 5.32 Å². The van der Waals surface area contributed by atoms with Crippen LogP contribution in [0.5, 0.6) is 5.75 Å². The van der Waals surface area contributed by atoms with Crippen LogP contribution in [-0.2, 0) is 4.74 Å². The number of piperidine rings is 1. The maximum Gasteiger partial charge on any atom is 0.335 e. The molecule has 0 spiro atoms. The summed E-state index contributed by atoms with van der Waals surface area (Å²) < 4.78 is 11.1. The summed E-state index contributed by atoms with van der Waals surface area (Å²) in [5.74, 6) is 0.397. The summed E-state index contributed by atoms with van der Waals surface area (Å²) in [6, 6.07) is 6.40. The zero-order valence-electron chi connectivity index (χ0n) is 11.5. The first-order chi connectivity index (χ1) is 9.75. The van der Waals surface area contributed by atoms with E-state index in [1.54, 1.807) is 12.1 Å². The lowest BCUT2D eigenvalue weighted by molar-refractivity contribution is 0.0654. The highest BCUT2D eigenvalue weighted by molar-refractivity contribution is 5.87. The molecule has 5 nitrogen and oxygen atoms in total. The van der Waals surface area contributed by atoms with Crippen LogP contribution in [0.1, 0.15) is 23.2 Å². The van der Waals surface area contributed by atoms with Crippen molar-refractivity contribution < 1.29 is 19.4 Å². The third-order valence-corrected chi connectivity index (χ3v) is 3.41. The van der Waals surface area contributed by atoms with E-state index in [4.69, 9.17) is 14.6 Å². The molecule has 20 heavy (non-hydrogen) atoms. The lowest BCUT2D eigenvalue weighted by atomic mass is 9.99. The van der Waals surface area contributed by atoms with E-state index >= 15 is 0 Å². The molecule has 0 atom stereocenters. The molecule has 2 rings (SSSR count). The predicted octanol–water partition coefficient (Wildman–Crippen LogP) is 1.78. The SMILES string of the molecule is O=C(O)c1ccc(OCCOCC2CCNCC2)cc1. The van der Waals surface area contributed by atoms with Crippen LogP contribution in [0.4, 0.5) is 0 Å². The summed E-state index contributed by atoms with van der Waals surface area (Å²) in [4.78, 5) is 10.7. The highest BCUT2D eigenvalue weighted by atomic mass is 16.5. The van der Waals surface area contributed by atoms with Gasteiger partial charge in [0.2, 0.25) is 0 Å². The molecule has 1 saturated heterocycles. The first-order valence-corrected chi connectivity index (χ1v) is 7.00. The van der Waals surface area contributed by atoms with Gasteiger partial charge in [0.1, 0.15) is 12.4 Å². The van der Waals surface area contributed by atoms with E-state index in [2.05, 4.69) is 5.32 Å². The molecule has 0 unspecified atom stereocenters. The molecule has 0 aromatic heterocycles. The van der Waals surface area contributed by atoms with Gasteiger partial charge >= 0.3 is 5.97 Å². The van der Waals surface area contributed by atoms with Crippen LogP contribution in [0.15, 0.2) is 24.3 Å². The van der Waals surface area contributed by atoms with Crippen LogP contribution < -0.4 is 10.1 Å². The molecule has 2 N–H and O–H groups in total. The highest BCUT2D eigenvalue weighted by Crippen LogP contribution is 2.13. The van der Waals surface area contributed by atoms with Crippen molar-refractivity contribution in [1.29, 1.82) is 0 Å². The summed E-state index contributed by atoms with van der Waals surface area (Å²) in [6.45, 7) is 4.01. The third-order valence-electron chi connectivity index (χ3n) is 3.41. The van der Waals surface area contributed by atoms with E-state index < -0.39 is 5.97 Å². The molecule has 110 valence electrons. The van der Waals surface area contributed by atoms with Gasteiger partial charge in [-0.25, -0.2) is 4.79 Å². The largest absolute Gasteiger partial charge is 0.491 e. The van der Waals surface area contributed by atoms with Gasteiger partial charge in [-0.05, 0) is 56.1 Å². The molecular formula is C15H21NO4. The van der Waals surface area contributed by atoms with E-state index in [1.807, 2.05) is 0 Å². The molecule has 1 aliphatic rings. The van der Waals surface area contributed by atoms with E-state index in [9.17, 15) is 4.79 Å². The fraction of sp³-hybridized carbons (Fsp3) is 0.533. The Morgan fingerprint density at radius 1 is 1.20 bits per heavy atom. The summed E-state index contributed by atoms with van der Waals surface area (Å²) >= 11 is 0. The number of nitrogens with one attached hydrogen (secondary N) is 1. The van der Waals surface area contributed by atoms with Crippen molar-refractivity contribution >= 4 is 5.97 Å². The second-order valence-corrected chi connectivity index (χ2v) is 4.95. The smallest absolute Gasteiger partial charge is 0.335 e. The van der Waals surface area contributed by atoms with Gasteiger partial charge in [-0.3, -0.25) is 0 Å². The van der Waals surface area contributed by atoms with Crippen LogP contribution >= 0.6 is 0 Å². The van der Waals surface area contributed by atoms with Gasteiger partial charge < -0.3 is 19.9 Å². The van der Waals surface area contributed by atoms with E-state index in [0.29, 0.717) is 24.9 Å². The average Bonchev–Trinajstić information content (AvgIpc) is 2.48. The Morgan fingerprint density at radius 3 is 2.55 bits per heavy atom. The zero-order valence-corrected chi connectivity index (χ0v) is 11.5. The first-order valence-electron chi connectivity index (χ1n) is 7.00. The molecule has 5 heteroatoms. The second kappa shape index (κ2) is 7.87. The van der Waals surface area contributed by atoms with Gasteiger partial charge in [-0.2, -0.15) is 0 Å². The zero-order chi connectivity index (χ0) is 14.2.